The number of likely N-dealkylation sites (tertiary alicyclic amines) is 1. The summed E-state index contributed by atoms with van der Waals surface area (Å²) in [5, 5.41) is 3.35. The second-order valence-corrected chi connectivity index (χ2v) is 5.41. The van der Waals surface area contributed by atoms with Crippen LogP contribution in [-0.4, -0.2) is 37.6 Å². The standard InChI is InChI=1S/C12H24N2/c1-10(2)12-4-6-14(9-12)5-3-11-7-13-8-11/h10-13H,3-9H2,1-2H3. The highest BCUT2D eigenvalue weighted by Gasteiger charge is 2.25. The molecule has 1 N–H and O–H groups in total. The summed E-state index contributed by atoms with van der Waals surface area (Å²) in [7, 11) is 0. The van der Waals surface area contributed by atoms with Crippen molar-refractivity contribution in [3.63, 3.8) is 0 Å². The lowest BCUT2D eigenvalue weighted by Crippen LogP contribution is -2.43. The van der Waals surface area contributed by atoms with Gasteiger partial charge in [0.2, 0.25) is 0 Å². The second-order valence-electron chi connectivity index (χ2n) is 5.41. The van der Waals surface area contributed by atoms with Gasteiger partial charge in [-0.15, -0.1) is 0 Å². The summed E-state index contributed by atoms with van der Waals surface area (Å²) in [6.07, 6.45) is 2.85. The zero-order chi connectivity index (χ0) is 9.97. The SMILES string of the molecule is CC(C)C1CCN(CCC2CNC2)C1. The molecule has 2 heterocycles. The first-order valence-electron chi connectivity index (χ1n) is 6.19. The predicted octanol–water partition coefficient (Wildman–Crippen LogP) is 1.57. The van der Waals surface area contributed by atoms with E-state index >= 15 is 0 Å². The van der Waals surface area contributed by atoms with Gasteiger partial charge in [-0.05, 0) is 56.8 Å². The number of rotatable bonds is 4. The van der Waals surface area contributed by atoms with Gasteiger partial charge in [-0.25, -0.2) is 0 Å². The molecule has 2 rings (SSSR count). The molecule has 82 valence electrons. The molecular weight excluding hydrogens is 172 g/mol. The van der Waals surface area contributed by atoms with Crippen molar-refractivity contribution in [3.8, 4) is 0 Å². The number of hydrogen-bond acceptors (Lipinski definition) is 2. The predicted molar refractivity (Wildman–Crippen MR) is 60.4 cm³/mol. The molecule has 1 atom stereocenters. The average molecular weight is 196 g/mol. The van der Waals surface area contributed by atoms with E-state index in [9.17, 15) is 0 Å². The van der Waals surface area contributed by atoms with Gasteiger partial charge in [-0.3, -0.25) is 0 Å². The lowest BCUT2D eigenvalue weighted by atomic mass is 9.95. The smallest absolute Gasteiger partial charge is 0.00126 e. The Bertz CT molecular complexity index is 175. The molecule has 0 aromatic heterocycles. The summed E-state index contributed by atoms with van der Waals surface area (Å²) < 4.78 is 0. The monoisotopic (exact) mass is 196 g/mol. The molecule has 2 aliphatic heterocycles. The maximum Gasteiger partial charge on any atom is 0.00126 e. The van der Waals surface area contributed by atoms with Crippen molar-refractivity contribution in [2.24, 2.45) is 17.8 Å². The minimum atomic E-state index is 0.880. The summed E-state index contributed by atoms with van der Waals surface area (Å²) >= 11 is 0. The number of nitrogens with one attached hydrogen (secondary N) is 1. The van der Waals surface area contributed by atoms with Gasteiger partial charge < -0.3 is 10.2 Å². The molecule has 14 heavy (non-hydrogen) atoms. The van der Waals surface area contributed by atoms with E-state index in [1.807, 2.05) is 0 Å². The molecule has 2 fully saturated rings. The third-order valence-electron chi connectivity index (χ3n) is 3.97. The van der Waals surface area contributed by atoms with Gasteiger partial charge in [0.15, 0.2) is 0 Å². The van der Waals surface area contributed by atoms with E-state index in [2.05, 4.69) is 24.1 Å². The van der Waals surface area contributed by atoms with Crippen LogP contribution in [0.2, 0.25) is 0 Å². The van der Waals surface area contributed by atoms with Crippen LogP contribution in [0.4, 0.5) is 0 Å². The maximum atomic E-state index is 3.35. The lowest BCUT2D eigenvalue weighted by Gasteiger charge is -2.29. The molecule has 0 radical (unpaired) electrons. The van der Waals surface area contributed by atoms with E-state index in [0.29, 0.717) is 0 Å². The Kier molecular flexibility index (Phi) is 3.45. The molecular formula is C12H24N2. The molecule has 2 nitrogen and oxygen atoms in total. The quantitative estimate of drug-likeness (QED) is 0.734. The van der Waals surface area contributed by atoms with Crippen LogP contribution in [0.25, 0.3) is 0 Å². The average Bonchev–Trinajstić information content (AvgIpc) is 2.50. The van der Waals surface area contributed by atoms with Crippen LogP contribution < -0.4 is 5.32 Å². The highest BCUT2D eigenvalue weighted by atomic mass is 15.1. The summed E-state index contributed by atoms with van der Waals surface area (Å²) in [5.74, 6) is 2.83. The van der Waals surface area contributed by atoms with Gasteiger partial charge in [0.25, 0.3) is 0 Å². The summed E-state index contributed by atoms with van der Waals surface area (Å²) in [5.41, 5.74) is 0. The lowest BCUT2D eigenvalue weighted by molar-refractivity contribution is 0.246. The first kappa shape index (κ1) is 10.4. The number of hydrogen-bond donors (Lipinski definition) is 1. The van der Waals surface area contributed by atoms with Crippen LogP contribution in [0.15, 0.2) is 0 Å². The zero-order valence-corrected chi connectivity index (χ0v) is 9.63. The molecule has 0 aromatic carbocycles. The molecule has 0 aliphatic carbocycles. The van der Waals surface area contributed by atoms with Crippen molar-refractivity contribution < 1.29 is 0 Å². The van der Waals surface area contributed by atoms with E-state index < -0.39 is 0 Å². The van der Waals surface area contributed by atoms with Gasteiger partial charge in [0, 0.05) is 6.54 Å². The van der Waals surface area contributed by atoms with E-state index in [1.165, 1.54) is 45.6 Å². The fourth-order valence-corrected chi connectivity index (χ4v) is 2.53. The maximum absolute atomic E-state index is 3.35. The third-order valence-corrected chi connectivity index (χ3v) is 3.97. The van der Waals surface area contributed by atoms with Crippen LogP contribution in [0.1, 0.15) is 26.7 Å². The minimum absolute atomic E-state index is 0.880. The molecule has 0 saturated carbocycles. The van der Waals surface area contributed by atoms with E-state index in [1.54, 1.807) is 0 Å². The van der Waals surface area contributed by atoms with Gasteiger partial charge >= 0.3 is 0 Å². The normalized spacial score (nSPS) is 29.8. The molecule has 1 unspecified atom stereocenters. The molecule has 0 bridgehead atoms. The van der Waals surface area contributed by atoms with Gasteiger partial charge in [0.1, 0.15) is 0 Å². The first-order chi connectivity index (χ1) is 6.75. The topological polar surface area (TPSA) is 15.3 Å². The third kappa shape index (κ3) is 2.48. The first-order valence-corrected chi connectivity index (χ1v) is 6.19. The molecule has 2 saturated heterocycles. The minimum Gasteiger partial charge on any atom is -0.316 e. The number of nitrogens with zero attached hydrogens (tertiary/aromatic N) is 1. The second kappa shape index (κ2) is 4.63. The summed E-state index contributed by atoms with van der Waals surface area (Å²) in [6, 6.07) is 0. The highest BCUT2D eigenvalue weighted by molar-refractivity contribution is 4.80. The van der Waals surface area contributed by atoms with Gasteiger partial charge in [-0.2, -0.15) is 0 Å². The Morgan fingerprint density at radius 3 is 2.64 bits per heavy atom. The van der Waals surface area contributed by atoms with Gasteiger partial charge in [-0.1, -0.05) is 13.8 Å². The van der Waals surface area contributed by atoms with Crippen LogP contribution >= 0.6 is 0 Å². The molecule has 0 aromatic rings. The van der Waals surface area contributed by atoms with Crippen molar-refractivity contribution in [1.82, 2.24) is 10.2 Å². The Hall–Kier alpha value is -0.0800. The van der Waals surface area contributed by atoms with E-state index in [0.717, 1.165) is 17.8 Å². The van der Waals surface area contributed by atoms with Crippen LogP contribution in [0.5, 0.6) is 0 Å². The highest BCUT2D eigenvalue weighted by Crippen LogP contribution is 2.24. The van der Waals surface area contributed by atoms with Crippen LogP contribution in [0.3, 0.4) is 0 Å². The van der Waals surface area contributed by atoms with Crippen molar-refractivity contribution in [1.29, 1.82) is 0 Å². The summed E-state index contributed by atoms with van der Waals surface area (Å²) in [6.45, 7) is 11.3. The fourth-order valence-electron chi connectivity index (χ4n) is 2.53. The van der Waals surface area contributed by atoms with E-state index in [4.69, 9.17) is 0 Å². The Morgan fingerprint density at radius 1 is 1.36 bits per heavy atom. The Morgan fingerprint density at radius 2 is 2.14 bits per heavy atom. The summed E-state index contributed by atoms with van der Waals surface area (Å²) in [4.78, 5) is 2.67. The molecule has 2 heteroatoms. The molecule has 0 amide bonds. The van der Waals surface area contributed by atoms with Crippen LogP contribution in [-0.2, 0) is 0 Å². The fraction of sp³-hybridized carbons (Fsp3) is 1.00. The molecule has 2 aliphatic rings. The Labute approximate surface area is 88.1 Å². The molecule has 0 spiro atoms. The van der Waals surface area contributed by atoms with Crippen LogP contribution in [0, 0.1) is 17.8 Å². The van der Waals surface area contributed by atoms with Gasteiger partial charge in [0.05, 0.1) is 0 Å². The van der Waals surface area contributed by atoms with Crippen molar-refractivity contribution in [3.05, 3.63) is 0 Å². The van der Waals surface area contributed by atoms with Crippen molar-refractivity contribution in [2.45, 2.75) is 26.7 Å². The Balaban J connectivity index is 1.62. The largest absolute Gasteiger partial charge is 0.316 e. The van der Waals surface area contributed by atoms with Crippen molar-refractivity contribution >= 4 is 0 Å². The van der Waals surface area contributed by atoms with E-state index in [-0.39, 0.29) is 0 Å². The zero-order valence-electron chi connectivity index (χ0n) is 9.63. The van der Waals surface area contributed by atoms with Crippen molar-refractivity contribution in [2.75, 3.05) is 32.7 Å².